The number of hydrogen-bond acceptors (Lipinski definition) is 3. The Morgan fingerprint density at radius 2 is 2.40 bits per heavy atom. The second-order valence-electron chi connectivity index (χ2n) is 4.80. The van der Waals surface area contributed by atoms with Crippen molar-refractivity contribution in [1.29, 1.82) is 0 Å². The van der Waals surface area contributed by atoms with Crippen molar-refractivity contribution in [3.05, 3.63) is 34.1 Å². The molecular weight excluding hydrogens is 327 g/mol. The number of nitrogens with one attached hydrogen (secondary N) is 2. The summed E-state index contributed by atoms with van der Waals surface area (Å²) in [6.07, 6.45) is 0.538. The predicted octanol–water partition coefficient (Wildman–Crippen LogP) is 1.62. The van der Waals surface area contributed by atoms with Gasteiger partial charge in [-0.05, 0) is 47.0 Å². The standard InChI is InChI=1S/C14H18BrFN2O2/c1-9-13(17-6-7-20-9)14(19)18-5-4-10-2-3-12(16)11(15)8-10/h2-3,8-9,13,17H,4-7H2,1H3,(H,18,19)/t9-,13+/m1/s1. The molecule has 1 aromatic carbocycles. The SMILES string of the molecule is C[C@H]1OCCN[C@@H]1C(=O)NCCc1ccc(F)c(Br)c1. The molecule has 1 fully saturated rings. The molecule has 1 saturated heterocycles. The van der Waals surface area contributed by atoms with Crippen molar-refractivity contribution in [2.75, 3.05) is 19.7 Å². The molecule has 6 heteroatoms. The largest absolute Gasteiger partial charge is 0.375 e. The zero-order valence-electron chi connectivity index (χ0n) is 11.3. The van der Waals surface area contributed by atoms with Crippen molar-refractivity contribution in [3.8, 4) is 0 Å². The lowest BCUT2D eigenvalue weighted by Crippen LogP contribution is -2.55. The van der Waals surface area contributed by atoms with Crippen LogP contribution in [-0.4, -0.2) is 37.7 Å². The number of hydrogen-bond donors (Lipinski definition) is 2. The Morgan fingerprint density at radius 3 is 3.10 bits per heavy atom. The van der Waals surface area contributed by atoms with E-state index in [1.807, 2.05) is 6.92 Å². The van der Waals surface area contributed by atoms with Crippen LogP contribution in [-0.2, 0) is 16.0 Å². The molecule has 110 valence electrons. The van der Waals surface area contributed by atoms with Gasteiger partial charge in [0.15, 0.2) is 0 Å². The fourth-order valence-electron chi connectivity index (χ4n) is 2.16. The zero-order valence-corrected chi connectivity index (χ0v) is 12.9. The molecule has 2 rings (SSSR count). The third-order valence-corrected chi connectivity index (χ3v) is 3.90. The first-order chi connectivity index (χ1) is 9.58. The van der Waals surface area contributed by atoms with Crippen molar-refractivity contribution in [3.63, 3.8) is 0 Å². The summed E-state index contributed by atoms with van der Waals surface area (Å²) < 4.78 is 19.0. The molecule has 2 N–H and O–H groups in total. The second kappa shape index (κ2) is 7.15. The van der Waals surface area contributed by atoms with Crippen molar-refractivity contribution >= 4 is 21.8 Å². The number of rotatable bonds is 4. The van der Waals surface area contributed by atoms with Crippen molar-refractivity contribution < 1.29 is 13.9 Å². The fourth-order valence-corrected chi connectivity index (χ4v) is 2.59. The molecule has 0 radical (unpaired) electrons. The Morgan fingerprint density at radius 1 is 1.60 bits per heavy atom. The molecule has 0 spiro atoms. The molecule has 0 saturated carbocycles. The number of carbonyl (C=O) groups is 1. The topological polar surface area (TPSA) is 50.4 Å². The zero-order chi connectivity index (χ0) is 14.5. The molecule has 1 aliphatic rings. The summed E-state index contributed by atoms with van der Waals surface area (Å²) in [6.45, 7) is 3.72. The molecule has 0 aliphatic carbocycles. The highest BCUT2D eigenvalue weighted by atomic mass is 79.9. The molecule has 1 aromatic rings. The minimum atomic E-state index is -0.302. The van der Waals surface area contributed by atoms with Gasteiger partial charge < -0.3 is 15.4 Å². The molecule has 0 unspecified atom stereocenters. The highest BCUT2D eigenvalue weighted by molar-refractivity contribution is 9.10. The van der Waals surface area contributed by atoms with Crippen molar-refractivity contribution in [1.82, 2.24) is 10.6 Å². The lowest BCUT2D eigenvalue weighted by molar-refractivity contribution is -0.128. The molecule has 0 aromatic heterocycles. The minimum Gasteiger partial charge on any atom is -0.375 e. The van der Waals surface area contributed by atoms with Gasteiger partial charge in [0.05, 0.1) is 17.2 Å². The minimum absolute atomic E-state index is 0.0571. The number of morpholine rings is 1. The first kappa shape index (κ1) is 15.4. The van der Waals surface area contributed by atoms with Gasteiger partial charge in [-0.15, -0.1) is 0 Å². The Balaban J connectivity index is 1.80. The summed E-state index contributed by atoms with van der Waals surface area (Å²) in [4.78, 5) is 12.0. The van der Waals surface area contributed by atoms with E-state index in [9.17, 15) is 9.18 Å². The Kier molecular flexibility index (Phi) is 5.51. The van der Waals surface area contributed by atoms with Crippen LogP contribution in [0.3, 0.4) is 0 Å². The lowest BCUT2D eigenvalue weighted by Gasteiger charge is -2.29. The summed E-state index contributed by atoms with van der Waals surface area (Å²) in [5.74, 6) is -0.339. The number of benzene rings is 1. The smallest absolute Gasteiger partial charge is 0.239 e. The molecule has 2 atom stereocenters. The van der Waals surface area contributed by atoms with Crippen molar-refractivity contribution in [2.24, 2.45) is 0 Å². The molecule has 0 bridgehead atoms. The van der Waals surface area contributed by atoms with E-state index in [0.29, 0.717) is 30.6 Å². The van der Waals surface area contributed by atoms with Crippen LogP contribution in [0.4, 0.5) is 4.39 Å². The number of carbonyl (C=O) groups excluding carboxylic acids is 1. The second-order valence-corrected chi connectivity index (χ2v) is 5.65. The van der Waals surface area contributed by atoms with Crippen LogP contribution in [0.25, 0.3) is 0 Å². The summed E-state index contributed by atoms with van der Waals surface area (Å²) in [5.41, 5.74) is 0.972. The third kappa shape index (κ3) is 4.01. The molecular formula is C14H18BrFN2O2. The first-order valence-electron chi connectivity index (χ1n) is 6.64. The van der Waals surface area contributed by atoms with Crippen LogP contribution in [0, 0.1) is 5.82 Å². The Hall–Kier alpha value is -0.980. The van der Waals surface area contributed by atoms with E-state index in [1.165, 1.54) is 6.07 Å². The Labute approximate surface area is 126 Å². The highest BCUT2D eigenvalue weighted by Gasteiger charge is 2.27. The van der Waals surface area contributed by atoms with Gasteiger partial charge >= 0.3 is 0 Å². The van der Waals surface area contributed by atoms with E-state index >= 15 is 0 Å². The summed E-state index contributed by atoms with van der Waals surface area (Å²) in [6, 6.07) is 4.56. The van der Waals surface area contributed by atoms with Gasteiger partial charge in [0.2, 0.25) is 5.91 Å². The van der Waals surface area contributed by atoms with Crippen LogP contribution in [0.5, 0.6) is 0 Å². The van der Waals surface area contributed by atoms with E-state index in [1.54, 1.807) is 12.1 Å². The third-order valence-electron chi connectivity index (χ3n) is 3.30. The fraction of sp³-hybridized carbons (Fsp3) is 0.500. The average Bonchev–Trinajstić information content (AvgIpc) is 2.43. The number of amides is 1. The Bertz CT molecular complexity index is 484. The van der Waals surface area contributed by atoms with Crippen LogP contribution in [0.15, 0.2) is 22.7 Å². The molecule has 1 heterocycles. The summed E-state index contributed by atoms with van der Waals surface area (Å²) >= 11 is 3.15. The first-order valence-corrected chi connectivity index (χ1v) is 7.44. The highest BCUT2D eigenvalue weighted by Crippen LogP contribution is 2.16. The van der Waals surface area contributed by atoms with Gasteiger partial charge in [0, 0.05) is 13.1 Å². The van der Waals surface area contributed by atoms with Crippen LogP contribution < -0.4 is 10.6 Å². The molecule has 4 nitrogen and oxygen atoms in total. The summed E-state index contributed by atoms with van der Waals surface area (Å²) in [5, 5.41) is 6.01. The maximum Gasteiger partial charge on any atom is 0.239 e. The van der Waals surface area contributed by atoms with Gasteiger partial charge in [-0.3, -0.25) is 4.79 Å². The van der Waals surface area contributed by atoms with Crippen LogP contribution in [0.1, 0.15) is 12.5 Å². The van der Waals surface area contributed by atoms with Gasteiger partial charge in [-0.25, -0.2) is 4.39 Å². The quantitative estimate of drug-likeness (QED) is 0.872. The number of ether oxygens (including phenoxy) is 1. The van der Waals surface area contributed by atoms with E-state index in [0.717, 1.165) is 5.56 Å². The normalized spacial score (nSPS) is 22.6. The molecule has 1 amide bonds. The predicted molar refractivity (Wildman–Crippen MR) is 78.0 cm³/mol. The lowest BCUT2D eigenvalue weighted by atomic mass is 10.1. The van der Waals surface area contributed by atoms with E-state index in [-0.39, 0.29) is 23.9 Å². The summed E-state index contributed by atoms with van der Waals surface area (Å²) in [7, 11) is 0. The van der Waals surface area contributed by atoms with Gasteiger partial charge in [0.25, 0.3) is 0 Å². The van der Waals surface area contributed by atoms with Gasteiger partial charge in [-0.1, -0.05) is 6.07 Å². The van der Waals surface area contributed by atoms with E-state index in [2.05, 4.69) is 26.6 Å². The van der Waals surface area contributed by atoms with Crippen molar-refractivity contribution in [2.45, 2.75) is 25.5 Å². The van der Waals surface area contributed by atoms with E-state index < -0.39 is 0 Å². The number of halogens is 2. The van der Waals surface area contributed by atoms with Gasteiger partial charge in [-0.2, -0.15) is 0 Å². The molecule has 1 aliphatic heterocycles. The maximum atomic E-state index is 13.1. The van der Waals surface area contributed by atoms with Crippen LogP contribution in [0.2, 0.25) is 0 Å². The average molecular weight is 345 g/mol. The maximum absolute atomic E-state index is 13.1. The molecule has 20 heavy (non-hydrogen) atoms. The van der Waals surface area contributed by atoms with E-state index in [4.69, 9.17) is 4.74 Å². The van der Waals surface area contributed by atoms with Crippen LogP contribution >= 0.6 is 15.9 Å². The monoisotopic (exact) mass is 344 g/mol. The van der Waals surface area contributed by atoms with Gasteiger partial charge in [0.1, 0.15) is 11.9 Å².